The Morgan fingerprint density at radius 2 is 2.05 bits per heavy atom. The molecule has 0 bridgehead atoms. The van der Waals surface area contributed by atoms with Crippen molar-refractivity contribution in [3.63, 3.8) is 0 Å². The van der Waals surface area contributed by atoms with Gasteiger partial charge in [0.1, 0.15) is 0 Å². The molecule has 2 N–H and O–H groups in total. The number of carbonyl (C=O) groups is 2. The van der Waals surface area contributed by atoms with Crippen molar-refractivity contribution in [2.24, 2.45) is 0 Å². The Bertz CT molecular complexity index is 661. The molecule has 0 spiro atoms. The number of rotatable bonds is 5. The van der Waals surface area contributed by atoms with Gasteiger partial charge in [-0.25, -0.2) is 4.79 Å². The van der Waals surface area contributed by atoms with E-state index in [2.05, 4.69) is 4.98 Å². The highest BCUT2D eigenvalue weighted by atomic mass is 32.1. The van der Waals surface area contributed by atoms with Crippen LogP contribution in [0.1, 0.15) is 20.9 Å². The summed E-state index contributed by atoms with van der Waals surface area (Å²) in [5, 5.41) is 19.4. The average molecular weight is 289 g/mol. The van der Waals surface area contributed by atoms with Crippen molar-refractivity contribution in [3.05, 3.63) is 63.8 Å². The summed E-state index contributed by atoms with van der Waals surface area (Å²) in [5.41, 5.74) is 1.20. The lowest BCUT2D eigenvalue weighted by Crippen LogP contribution is -2.05. The van der Waals surface area contributed by atoms with Gasteiger partial charge in [0.25, 0.3) is 0 Å². The van der Waals surface area contributed by atoms with Crippen molar-refractivity contribution in [2.45, 2.75) is 6.42 Å². The van der Waals surface area contributed by atoms with Crippen LogP contribution in [0.15, 0.2) is 47.7 Å². The zero-order chi connectivity index (χ0) is 14.5. The smallest absolute Gasteiger partial charge is 0.371 e. The summed E-state index contributed by atoms with van der Waals surface area (Å²) in [5.74, 6) is -3.03. The maximum absolute atomic E-state index is 11.9. The van der Waals surface area contributed by atoms with E-state index in [1.165, 1.54) is 11.3 Å². The van der Waals surface area contributed by atoms with E-state index in [0.29, 0.717) is 18.1 Å². The number of pyridine rings is 1. The van der Waals surface area contributed by atoms with Gasteiger partial charge in [-0.1, -0.05) is 6.07 Å². The van der Waals surface area contributed by atoms with Gasteiger partial charge in [-0.15, -0.1) is 11.3 Å². The summed E-state index contributed by atoms with van der Waals surface area (Å²) in [6, 6.07) is 7.11. The van der Waals surface area contributed by atoms with Crippen LogP contribution in [0.25, 0.3) is 0 Å². The lowest BCUT2D eigenvalue weighted by molar-refractivity contribution is -0.135. The number of allylic oxidation sites excluding steroid dienone is 1. The number of carbonyl (C=O) groups excluding carboxylic acids is 1. The number of carboxylic acid groups (broad SMARTS) is 1. The van der Waals surface area contributed by atoms with E-state index in [0.717, 1.165) is 10.6 Å². The van der Waals surface area contributed by atoms with E-state index in [1.54, 1.807) is 23.7 Å². The van der Waals surface area contributed by atoms with Crippen LogP contribution in [-0.4, -0.2) is 26.9 Å². The van der Waals surface area contributed by atoms with Gasteiger partial charge in [-0.2, -0.15) is 0 Å². The van der Waals surface area contributed by atoms with Gasteiger partial charge in [0.15, 0.2) is 5.78 Å². The van der Waals surface area contributed by atoms with Crippen LogP contribution in [-0.2, 0) is 11.2 Å². The third kappa shape index (κ3) is 3.30. The highest BCUT2D eigenvalue weighted by molar-refractivity contribution is 7.10. The molecule has 2 rings (SSSR count). The molecule has 0 aliphatic carbocycles. The van der Waals surface area contributed by atoms with Gasteiger partial charge in [0.05, 0.1) is 0 Å². The normalized spacial score (nSPS) is 11.3. The number of aliphatic hydroxyl groups excluding tert-OH is 1. The molecule has 102 valence electrons. The van der Waals surface area contributed by atoms with Crippen molar-refractivity contribution >= 4 is 23.1 Å². The van der Waals surface area contributed by atoms with Crippen LogP contribution >= 0.6 is 11.3 Å². The van der Waals surface area contributed by atoms with Crippen molar-refractivity contribution in [1.29, 1.82) is 0 Å². The molecule has 20 heavy (non-hydrogen) atoms. The number of hydrogen-bond donors (Lipinski definition) is 2. The molecular weight excluding hydrogens is 278 g/mol. The molecule has 0 aliphatic heterocycles. The first kappa shape index (κ1) is 14.0. The summed E-state index contributed by atoms with van der Waals surface area (Å²) in [7, 11) is 0. The van der Waals surface area contributed by atoms with Crippen molar-refractivity contribution in [2.75, 3.05) is 0 Å². The molecular formula is C14H11NO4S. The molecule has 0 amide bonds. The van der Waals surface area contributed by atoms with Crippen LogP contribution in [0, 0.1) is 0 Å². The molecule has 0 saturated heterocycles. The van der Waals surface area contributed by atoms with Gasteiger partial charge in [0.2, 0.25) is 5.76 Å². The lowest BCUT2D eigenvalue weighted by Gasteiger charge is -2.01. The predicted octanol–water partition coefficient (Wildman–Crippen LogP) is 2.44. The van der Waals surface area contributed by atoms with E-state index in [-0.39, 0.29) is 0 Å². The number of aliphatic hydroxyl groups is 1. The zero-order valence-corrected chi connectivity index (χ0v) is 11.1. The van der Waals surface area contributed by atoms with Crippen LogP contribution in [0.2, 0.25) is 0 Å². The first-order valence-corrected chi connectivity index (χ1v) is 6.60. The van der Waals surface area contributed by atoms with Crippen LogP contribution < -0.4 is 0 Å². The second-order valence-corrected chi connectivity index (χ2v) is 4.95. The van der Waals surface area contributed by atoms with Gasteiger partial charge in [0, 0.05) is 34.8 Å². The molecule has 2 heterocycles. The standard InChI is InChI=1S/C14H11NO4S/c16-11(8-12(17)14(18)19)10-4-6-20-13(10)7-9-3-1-2-5-15-9/h1-6,8,17H,7H2,(H,18,19). The van der Waals surface area contributed by atoms with Gasteiger partial charge >= 0.3 is 5.97 Å². The SMILES string of the molecule is O=C(O)C(O)=CC(=O)c1ccsc1Cc1ccccn1. The number of thiophene rings is 1. The Morgan fingerprint density at radius 1 is 1.25 bits per heavy atom. The highest BCUT2D eigenvalue weighted by Gasteiger charge is 2.14. The fourth-order valence-corrected chi connectivity index (χ4v) is 2.52. The third-order valence-corrected chi connectivity index (χ3v) is 3.49. The van der Waals surface area contributed by atoms with Crippen molar-refractivity contribution in [1.82, 2.24) is 4.98 Å². The molecule has 0 unspecified atom stereocenters. The van der Waals surface area contributed by atoms with Crippen molar-refractivity contribution in [3.8, 4) is 0 Å². The quantitative estimate of drug-likeness (QED) is 0.501. The Kier molecular flexibility index (Phi) is 4.27. The predicted molar refractivity (Wildman–Crippen MR) is 74.0 cm³/mol. The number of aliphatic carboxylic acids is 1. The van der Waals surface area contributed by atoms with E-state index < -0.39 is 17.5 Å². The molecule has 5 nitrogen and oxygen atoms in total. The molecule has 0 saturated carbocycles. The number of nitrogens with zero attached hydrogens (tertiary/aromatic N) is 1. The minimum atomic E-state index is -1.53. The Labute approximate surface area is 118 Å². The fourth-order valence-electron chi connectivity index (χ4n) is 1.63. The van der Waals surface area contributed by atoms with Crippen LogP contribution in [0.5, 0.6) is 0 Å². The Balaban J connectivity index is 2.23. The summed E-state index contributed by atoms with van der Waals surface area (Å²) in [6.45, 7) is 0. The molecule has 0 radical (unpaired) electrons. The van der Waals surface area contributed by atoms with E-state index in [1.807, 2.05) is 12.1 Å². The topological polar surface area (TPSA) is 87.5 Å². The molecule has 0 aliphatic rings. The second-order valence-electron chi connectivity index (χ2n) is 3.95. The summed E-state index contributed by atoms with van der Waals surface area (Å²) in [6.07, 6.45) is 2.87. The number of hydrogen-bond acceptors (Lipinski definition) is 5. The minimum absolute atomic E-state index is 0.383. The summed E-state index contributed by atoms with van der Waals surface area (Å²) >= 11 is 1.39. The van der Waals surface area contributed by atoms with Crippen LogP contribution in [0.3, 0.4) is 0 Å². The van der Waals surface area contributed by atoms with Gasteiger partial charge in [-0.3, -0.25) is 9.78 Å². The van der Waals surface area contributed by atoms with E-state index in [9.17, 15) is 9.59 Å². The summed E-state index contributed by atoms with van der Waals surface area (Å²) in [4.78, 5) is 27.4. The van der Waals surface area contributed by atoms with E-state index in [4.69, 9.17) is 10.2 Å². The molecule has 0 fully saturated rings. The third-order valence-electron chi connectivity index (χ3n) is 2.57. The minimum Gasteiger partial charge on any atom is -0.502 e. The molecule has 2 aromatic heterocycles. The van der Waals surface area contributed by atoms with Crippen LogP contribution in [0.4, 0.5) is 0 Å². The highest BCUT2D eigenvalue weighted by Crippen LogP contribution is 2.21. The van der Waals surface area contributed by atoms with E-state index >= 15 is 0 Å². The zero-order valence-electron chi connectivity index (χ0n) is 10.3. The summed E-state index contributed by atoms with van der Waals surface area (Å²) < 4.78 is 0. The molecule has 0 atom stereocenters. The molecule has 6 heteroatoms. The Morgan fingerprint density at radius 3 is 2.70 bits per heavy atom. The Hall–Kier alpha value is -2.47. The average Bonchev–Trinajstić information content (AvgIpc) is 2.88. The number of carboxylic acids is 1. The first-order chi connectivity index (χ1) is 9.58. The van der Waals surface area contributed by atoms with Crippen molar-refractivity contribution < 1.29 is 19.8 Å². The molecule has 2 aromatic rings. The number of aromatic nitrogens is 1. The number of ketones is 1. The lowest BCUT2D eigenvalue weighted by atomic mass is 10.1. The first-order valence-electron chi connectivity index (χ1n) is 5.72. The molecule has 0 aromatic carbocycles. The maximum Gasteiger partial charge on any atom is 0.371 e. The fraction of sp³-hybridized carbons (Fsp3) is 0.0714. The second kappa shape index (κ2) is 6.12. The largest absolute Gasteiger partial charge is 0.502 e. The van der Waals surface area contributed by atoms with Gasteiger partial charge < -0.3 is 10.2 Å². The van der Waals surface area contributed by atoms with Gasteiger partial charge in [-0.05, 0) is 23.6 Å². The maximum atomic E-state index is 11.9. The monoisotopic (exact) mass is 289 g/mol.